The van der Waals surface area contributed by atoms with Crippen LogP contribution in [0.3, 0.4) is 0 Å². The minimum absolute atomic E-state index is 0.381. The van der Waals surface area contributed by atoms with E-state index >= 15 is 0 Å². The Morgan fingerprint density at radius 3 is 2.62 bits per heavy atom. The first-order valence-corrected chi connectivity index (χ1v) is 8.26. The third kappa shape index (κ3) is 3.36. The molecule has 112 valence electrons. The highest BCUT2D eigenvalue weighted by molar-refractivity contribution is 7.09. The molecule has 0 saturated carbocycles. The summed E-state index contributed by atoms with van der Waals surface area (Å²) >= 11 is 1.76. The number of para-hydroxylation sites is 2. The quantitative estimate of drug-likeness (QED) is 0.942. The molecule has 0 aliphatic carbocycles. The van der Waals surface area contributed by atoms with Crippen molar-refractivity contribution in [3.63, 3.8) is 0 Å². The van der Waals surface area contributed by atoms with Crippen LogP contribution in [0.1, 0.15) is 10.6 Å². The van der Waals surface area contributed by atoms with Crippen molar-refractivity contribution in [1.82, 2.24) is 9.88 Å². The minimum Gasteiger partial charge on any atom is -0.506 e. The number of hydrogen-bond donors (Lipinski definition) is 1. The Morgan fingerprint density at radius 2 is 1.95 bits per heavy atom. The first-order chi connectivity index (χ1) is 10.2. The molecule has 1 aliphatic rings. The number of benzene rings is 1. The number of anilines is 1. The van der Waals surface area contributed by atoms with Gasteiger partial charge >= 0.3 is 0 Å². The minimum atomic E-state index is 0.381. The summed E-state index contributed by atoms with van der Waals surface area (Å²) in [6.07, 6.45) is 1.09. The van der Waals surface area contributed by atoms with Gasteiger partial charge in [-0.05, 0) is 25.5 Å². The highest BCUT2D eigenvalue weighted by Gasteiger charge is 2.19. The molecule has 0 atom stereocenters. The summed E-state index contributed by atoms with van der Waals surface area (Å²) in [5.74, 6) is 0.381. The van der Waals surface area contributed by atoms with Crippen molar-refractivity contribution in [2.45, 2.75) is 13.3 Å². The lowest BCUT2D eigenvalue weighted by Crippen LogP contribution is -2.47. The third-order valence-corrected chi connectivity index (χ3v) is 5.09. The Morgan fingerprint density at radius 1 is 1.19 bits per heavy atom. The number of aryl methyl sites for hydroxylation is 1. The van der Waals surface area contributed by atoms with Gasteiger partial charge in [-0.2, -0.15) is 0 Å². The van der Waals surface area contributed by atoms with Crippen molar-refractivity contribution in [2.24, 2.45) is 0 Å². The van der Waals surface area contributed by atoms with Gasteiger partial charge in [-0.1, -0.05) is 12.1 Å². The molecule has 1 aromatic carbocycles. The van der Waals surface area contributed by atoms with E-state index in [9.17, 15) is 5.11 Å². The molecule has 2 aromatic rings. The van der Waals surface area contributed by atoms with E-state index < -0.39 is 0 Å². The number of aromatic hydroxyl groups is 1. The zero-order chi connectivity index (χ0) is 14.7. The molecule has 1 fully saturated rings. The molecule has 4 nitrogen and oxygen atoms in total. The number of nitrogens with zero attached hydrogens (tertiary/aromatic N) is 3. The van der Waals surface area contributed by atoms with Crippen LogP contribution in [0.4, 0.5) is 5.69 Å². The van der Waals surface area contributed by atoms with Crippen LogP contribution < -0.4 is 4.90 Å². The zero-order valence-electron chi connectivity index (χ0n) is 12.3. The Hall–Kier alpha value is -1.59. The number of rotatable bonds is 4. The van der Waals surface area contributed by atoms with E-state index in [1.54, 1.807) is 17.4 Å². The summed E-state index contributed by atoms with van der Waals surface area (Å²) in [4.78, 5) is 10.5. The standard InChI is InChI=1S/C16H21N3OS/c1-13-16(21-12-17-13)6-7-18-8-10-19(11-9-18)14-4-2-3-5-15(14)20/h2-5,12,20H,6-11H2,1H3. The number of aromatic nitrogens is 1. The molecule has 5 heteroatoms. The molecule has 2 heterocycles. The molecule has 3 rings (SSSR count). The SMILES string of the molecule is Cc1ncsc1CCN1CCN(c2ccccc2O)CC1. The molecule has 0 spiro atoms. The van der Waals surface area contributed by atoms with Crippen LogP contribution in [0, 0.1) is 6.92 Å². The maximum absolute atomic E-state index is 9.93. The zero-order valence-corrected chi connectivity index (χ0v) is 13.1. The second kappa shape index (κ2) is 6.45. The van der Waals surface area contributed by atoms with Crippen molar-refractivity contribution in [3.05, 3.63) is 40.3 Å². The van der Waals surface area contributed by atoms with Gasteiger partial charge in [0, 0.05) is 37.6 Å². The predicted molar refractivity (Wildman–Crippen MR) is 87.3 cm³/mol. The average molecular weight is 303 g/mol. The van der Waals surface area contributed by atoms with Crippen molar-refractivity contribution in [2.75, 3.05) is 37.6 Å². The highest BCUT2D eigenvalue weighted by Crippen LogP contribution is 2.27. The molecule has 1 aromatic heterocycles. The summed E-state index contributed by atoms with van der Waals surface area (Å²) in [6, 6.07) is 7.60. The summed E-state index contributed by atoms with van der Waals surface area (Å²) < 4.78 is 0. The van der Waals surface area contributed by atoms with E-state index in [1.165, 1.54) is 10.6 Å². The Labute approximate surface area is 129 Å². The summed E-state index contributed by atoms with van der Waals surface area (Å²) in [5, 5.41) is 9.93. The van der Waals surface area contributed by atoms with Crippen molar-refractivity contribution in [1.29, 1.82) is 0 Å². The lowest BCUT2D eigenvalue weighted by atomic mass is 10.2. The number of hydrogen-bond acceptors (Lipinski definition) is 5. The van der Waals surface area contributed by atoms with Crippen LogP contribution in [0.5, 0.6) is 5.75 Å². The van der Waals surface area contributed by atoms with Crippen molar-refractivity contribution < 1.29 is 5.11 Å². The normalized spacial score (nSPS) is 16.3. The molecule has 1 saturated heterocycles. The van der Waals surface area contributed by atoms with Crippen LogP contribution in [0.2, 0.25) is 0 Å². The van der Waals surface area contributed by atoms with E-state index in [0.29, 0.717) is 5.75 Å². The largest absolute Gasteiger partial charge is 0.506 e. The second-order valence-electron chi connectivity index (χ2n) is 5.43. The smallest absolute Gasteiger partial charge is 0.138 e. The monoisotopic (exact) mass is 303 g/mol. The van der Waals surface area contributed by atoms with E-state index in [4.69, 9.17) is 0 Å². The highest BCUT2D eigenvalue weighted by atomic mass is 32.1. The lowest BCUT2D eigenvalue weighted by Gasteiger charge is -2.36. The molecule has 0 bridgehead atoms. The maximum Gasteiger partial charge on any atom is 0.138 e. The molecule has 21 heavy (non-hydrogen) atoms. The number of phenols is 1. The van der Waals surface area contributed by atoms with Gasteiger partial charge in [0.1, 0.15) is 5.75 Å². The van der Waals surface area contributed by atoms with Crippen LogP contribution in [-0.4, -0.2) is 47.7 Å². The van der Waals surface area contributed by atoms with E-state index in [0.717, 1.165) is 44.8 Å². The number of phenolic OH excluding ortho intramolecular Hbond substituents is 1. The Kier molecular flexibility index (Phi) is 4.41. The third-order valence-electron chi connectivity index (χ3n) is 4.09. The molecule has 0 unspecified atom stereocenters. The van der Waals surface area contributed by atoms with Gasteiger partial charge < -0.3 is 10.0 Å². The molecule has 0 radical (unpaired) electrons. The van der Waals surface area contributed by atoms with Gasteiger partial charge in [-0.25, -0.2) is 4.98 Å². The van der Waals surface area contributed by atoms with Crippen molar-refractivity contribution in [3.8, 4) is 5.75 Å². The van der Waals surface area contributed by atoms with E-state index in [1.807, 2.05) is 23.7 Å². The number of piperazine rings is 1. The predicted octanol–water partition coefficient (Wildman–Crippen LogP) is 2.52. The fraction of sp³-hybridized carbons (Fsp3) is 0.438. The first-order valence-electron chi connectivity index (χ1n) is 7.38. The summed E-state index contributed by atoms with van der Waals surface area (Å²) in [7, 11) is 0. The fourth-order valence-electron chi connectivity index (χ4n) is 2.77. The van der Waals surface area contributed by atoms with Gasteiger partial charge in [-0.3, -0.25) is 4.90 Å². The van der Waals surface area contributed by atoms with Crippen molar-refractivity contribution >= 4 is 17.0 Å². The van der Waals surface area contributed by atoms with Gasteiger partial charge in [-0.15, -0.1) is 11.3 Å². The van der Waals surface area contributed by atoms with E-state index in [-0.39, 0.29) is 0 Å². The molecule has 1 N–H and O–H groups in total. The second-order valence-corrected chi connectivity index (χ2v) is 6.37. The first kappa shape index (κ1) is 14.4. The Bertz CT molecular complexity index is 591. The Balaban J connectivity index is 1.51. The topological polar surface area (TPSA) is 39.6 Å². The molecular formula is C16H21N3OS. The van der Waals surface area contributed by atoms with Gasteiger partial charge in [0.25, 0.3) is 0 Å². The van der Waals surface area contributed by atoms with Crippen LogP contribution in [0.25, 0.3) is 0 Å². The molecule has 0 amide bonds. The van der Waals surface area contributed by atoms with Gasteiger partial charge in [0.05, 0.1) is 16.9 Å². The van der Waals surface area contributed by atoms with Crippen LogP contribution in [-0.2, 0) is 6.42 Å². The number of thiazole rings is 1. The van der Waals surface area contributed by atoms with Crippen LogP contribution >= 0.6 is 11.3 Å². The summed E-state index contributed by atoms with van der Waals surface area (Å²) in [6.45, 7) is 7.22. The lowest BCUT2D eigenvalue weighted by molar-refractivity contribution is 0.260. The van der Waals surface area contributed by atoms with Gasteiger partial charge in [0.15, 0.2) is 0 Å². The molecular weight excluding hydrogens is 282 g/mol. The van der Waals surface area contributed by atoms with Crippen LogP contribution in [0.15, 0.2) is 29.8 Å². The maximum atomic E-state index is 9.93. The fourth-order valence-corrected chi connectivity index (χ4v) is 3.54. The molecule has 1 aliphatic heterocycles. The average Bonchev–Trinajstić information content (AvgIpc) is 2.92. The van der Waals surface area contributed by atoms with Gasteiger partial charge in [0.2, 0.25) is 0 Å². The van der Waals surface area contributed by atoms with E-state index in [2.05, 4.69) is 21.7 Å². The summed E-state index contributed by atoms with van der Waals surface area (Å²) in [5.41, 5.74) is 4.06.